The Labute approximate surface area is 143 Å². The lowest BCUT2D eigenvalue weighted by molar-refractivity contribution is 0.442. The third-order valence-electron chi connectivity index (χ3n) is 3.16. The van der Waals surface area contributed by atoms with E-state index in [4.69, 9.17) is 0 Å². The third-order valence-corrected chi connectivity index (χ3v) is 4.52. The number of phenolic OH excluding ortho intramolecular Hbond substituents is 2. The van der Waals surface area contributed by atoms with Gasteiger partial charge in [-0.25, -0.2) is 0 Å². The normalized spacial score (nSPS) is 11.4. The number of rotatable bonds is 2. The van der Waals surface area contributed by atoms with Crippen LogP contribution in [0.3, 0.4) is 0 Å². The van der Waals surface area contributed by atoms with Crippen molar-refractivity contribution >= 4 is 54.7 Å². The largest absolute Gasteiger partial charge is 0.506 e. The van der Waals surface area contributed by atoms with E-state index < -0.39 is 0 Å². The zero-order valence-corrected chi connectivity index (χ0v) is 14.3. The number of benzene rings is 2. The fourth-order valence-electron chi connectivity index (χ4n) is 2.05. The predicted octanol–water partition coefficient (Wildman–Crippen LogP) is 4.92. The van der Waals surface area contributed by atoms with E-state index in [1.165, 1.54) is 0 Å². The van der Waals surface area contributed by atoms with Gasteiger partial charge < -0.3 is 10.2 Å². The first kappa shape index (κ1) is 15.0. The van der Waals surface area contributed by atoms with E-state index in [1.54, 1.807) is 18.5 Å². The fraction of sp³-hybridized carbons (Fsp3) is 0. The van der Waals surface area contributed by atoms with Crippen LogP contribution in [-0.2, 0) is 0 Å². The van der Waals surface area contributed by atoms with Crippen molar-refractivity contribution in [2.24, 2.45) is 4.99 Å². The molecule has 2 aromatic carbocycles. The Balaban J connectivity index is 2.08. The molecule has 0 spiro atoms. The summed E-state index contributed by atoms with van der Waals surface area (Å²) in [4.78, 5) is 8.71. The lowest BCUT2D eigenvalue weighted by atomic mass is 10.1. The summed E-state index contributed by atoms with van der Waals surface area (Å²) in [6.07, 6.45) is 3.28. The van der Waals surface area contributed by atoms with Gasteiger partial charge in [-0.3, -0.25) is 9.98 Å². The molecule has 0 fully saturated rings. The summed E-state index contributed by atoms with van der Waals surface area (Å²) in [6.45, 7) is 0. The second kappa shape index (κ2) is 6.06. The average molecular weight is 422 g/mol. The first-order valence-electron chi connectivity index (χ1n) is 6.35. The van der Waals surface area contributed by atoms with Gasteiger partial charge in [0.25, 0.3) is 0 Å². The van der Waals surface area contributed by atoms with Crippen molar-refractivity contribution in [2.45, 2.75) is 0 Å². The van der Waals surface area contributed by atoms with Crippen LogP contribution in [-0.4, -0.2) is 21.4 Å². The monoisotopic (exact) mass is 420 g/mol. The molecule has 4 nitrogen and oxygen atoms in total. The maximum Gasteiger partial charge on any atom is 0.147 e. The highest BCUT2D eigenvalue weighted by atomic mass is 79.9. The smallest absolute Gasteiger partial charge is 0.147 e. The van der Waals surface area contributed by atoms with E-state index in [-0.39, 0.29) is 16.0 Å². The molecular weight excluding hydrogens is 412 g/mol. The van der Waals surface area contributed by atoms with Gasteiger partial charge >= 0.3 is 0 Å². The van der Waals surface area contributed by atoms with Gasteiger partial charge in [-0.15, -0.1) is 0 Å². The number of fused-ring (bicyclic) bond motifs is 1. The molecule has 0 bridgehead atoms. The van der Waals surface area contributed by atoms with Crippen molar-refractivity contribution in [2.75, 3.05) is 0 Å². The highest BCUT2D eigenvalue weighted by molar-refractivity contribution is 9.11. The predicted molar refractivity (Wildman–Crippen MR) is 94.2 cm³/mol. The van der Waals surface area contributed by atoms with E-state index >= 15 is 0 Å². The number of hydrogen-bond donors (Lipinski definition) is 2. The Morgan fingerprint density at radius 1 is 1.05 bits per heavy atom. The Morgan fingerprint density at radius 2 is 1.86 bits per heavy atom. The topological polar surface area (TPSA) is 65.7 Å². The number of pyridine rings is 1. The van der Waals surface area contributed by atoms with Gasteiger partial charge in [-0.05, 0) is 62.2 Å². The van der Waals surface area contributed by atoms with Crippen LogP contribution in [0, 0.1) is 0 Å². The summed E-state index contributed by atoms with van der Waals surface area (Å²) in [7, 11) is 0. The first-order chi connectivity index (χ1) is 10.6. The van der Waals surface area contributed by atoms with E-state index in [1.807, 2.05) is 30.3 Å². The number of phenols is 2. The van der Waals surface area contributed by atoms with E-state index in [0.717, 1.165) is 16.6 Å². The Bertz CT molecular complexity index is 889. The molecule has 0 saturated carbocycles. The molecule has 6 heteroatoms. The van der Waals surface area contributed by atoms with Crippen LogP contribution in [0.2, 0.25) is 0 Å². The molecule has 0 atom stereocenters. The minimum Gasteiger partial charge on any atom is -0.506 e. The van der Waals surface area contributed by atoms with E-state index in [0.29, 0.717) is 10.0 Å². The molecule has 0 saturated heterocycles. The molecule has 0 unspecified atom stereocenters. The van der Waals surface area contributed by atoms with Gasteiger partial charge in [0.2, 0.25) is 0 Å². The van der Waals surface area contributed by atoms with E-state index in [2.05, 4.69) is 41.8 Å². The fourth-order valence-corrected chi connectivity index (χ4v) is 3.21. The van der Waals surface area contributed by atoms with Crippen molar-refractivity contribution in [3.05, 3.63) is 57.1 Å². The van der Waals surface area contributed by atoms with Crippen molar-refractivity contribution in [3.8, 4) is 11.5 Å². The maximum atomic E-state index is 10.1. The number of aliphatic imine (C=N–C) groups is 1. The molecule has 0 amide bonds. The van der Waals surface area contributed by atoms with Crippen LogP contribution in [0.4, 0.5) is 5.69 Å². The quantitative estimate of drug-likeness (QED) is 0.577. The number of aromatic hydroxyl groups is 2. The molecule has 1 aromatic heterocycles. The zero-order valence-electron chi connectivity index (χ0n) is 11.2. The van der Waals surface area contributed by atoms with Crippen molar-refractivity contribution in [1.82, 2.24) is 4.98 Å². The molecule has 3 aromatic rings. The van der Waals surface area contributed by atoms with Crippen molar-refractivity contribution < 1.29 is 10.2 Å². The second-order valence-electron chi connectivity index (χ2n) is 4.56. The minimum absolute atomic E-state index is 0.0518. The van der Waals surface area contributed by atoms with Crippen LogP contribution < -0.4 is 0 Å². The number of halogens is 2. The molecule has 2 N–H and O–H groups in total. The lowest BCUT2D eigenvalue weighted by Crippen LogP contribution is -1.86. The van der Waals surface area contributed by atoms with Crippen LogP contribution in [0.25, 0.3) is 10.9 Å². The molecule has 0 aliphatic heterocycles. The van der Waals surface area contributed by atoms with Gasteiger partial charge in [0.05, 0.1) is 15.7 Å². The summed E-state index contributed by atoms with van der Waals surface area (Å²) >= 11 is 6.38. The van der Waals surface area contributed by atoms with Crippen LogP contribution in [0.5, 0.6) is 11.5 Å². The molecule has 0 aliphatic carbocycles. The first-order valence-corrected chi connectivity index (χ1v) is 7.94. The van der Waals surface area contributed by atoms with Gasteiger partial charge in [0, 0.05) is 23.4 Å². The average Bonchev–Trinajstić information content (AvgIpc) is 2.55. The Kier molecular flexibility index (Phi) is 4.13. The second-order valence-corrected chi connectivity index (χ2v) is 6.21. The Morgan fingerprint density at radius 3 is 2.68 bits per heavy atom. The highest BCUT2D eigenvalue weighted by Gasteiger charge is 2.12. The summed E-state index contributed by atoms with van der Waals surface area (Å²) in [5.41, 5.74) is 2.09. The number of nitrogens with zero attached hydrogens (tertiary/aromatic N) is 2. The molecule has 0 radical (unpaired) electrons. The summed E-state index contributed by atoms with van der Waals surface area (Å²) < 4.78 is 0.695. The number of hydrogen-bond acceptors (Lipinski definition) is 4. The molecule has 110 valence electrons. The molecule has 3 rings (SSSR count). The van der Waals surface area contributed by atoms with E-state index in [9.17, 15) is 10.2 Å². The van der Waals surface area contributed by atoms with Crippen molar-refractivity contribution in [1.29, 1.82) is 0 Å². The van der Waals surface area contributed by atoms with Gasteiger partial charge in [0.15, 0.2) is 0 Å². The van der Waals surface area contributed by atoms with Gasteiger partial charge in [0.1, 0.15) is 16.0 Å². The van der Waals surface area contributed by atoms with Crippen LogP contribution in [0.15, 0.2) is 56.5 Å². The third kappa shape index (κ3) is 2.71. The molecule has 1 heterocycles. The van der Waals surface area contributed by atoms with Crippen molar-refractivity contribution in [3.63, 3.8) is 0 Å². The standard InChI is InChI=1S/C16H10Br2N2O2/c17-11-7-9(15(21)14(18)16(11)22)8-20-13-5-1-4-12-10(13)3-2-6-19-12/h1-8,21-22H. The SMILES string of the molecule is Oc1c(Br)cc(C=Nc2cccc3ncccc23)c(O)c1Br. The van der Waals surface area contributed by atoms with Gasteiger partial charge in [-0.2, -0.15) is 0 Å². The van der Waals surface area contributed by atoms with Crippen LogP contribution >= 0.6 is 31.9 Å². The molecule has 0 aliphatic rings. The van der Waals surface area contributed by atoms with Crippen LogP contribution in [0.1, 0.15) is 5.56 Å². The molecule has 22 heavy (non-hydrogen) atoms. The maximum absolute atomic E-state index is 10.1. The Hall–Kier alpha value is -1.92. The minimum atomic E-state index is -0.0668. The molecular formula is C16H10Br2N2O2. The number of aromatic nitrogens is 1. The summed E-state index contributed by atoms with van der Waals surface area (Å²) in [5.74, 6) is -0.119. The summed E-state index contributed by atoms with van der Waals surface area (Å²) in [5, 5.41) is 20.7. The van der Waals surface area contributed by atoms with Gasteiger partial charge in [-0.1, -0.05) is 6.07 Å². The zero-order chi connectivity index (χ0) is 15.7. The lowest BCUT2D eigenvalue weighted by Gasteiger charge is -2.06. The summed E-state index contributed by atoms with van der Waals surface area (Å²) in [6, 6.07) is 11.1. The highest BCUT2D eigenvalue weighted by Crippen LogP contribution is 2.40.